The van der Waals surface area contributed by atoms with Crippen molar-refractivity contribution in [3.05, 3.63) is 71.8 Å². The van der Waals surface area contributed by atoms with Crippen LogP contribution in [0.3, 0.4) is 0 Å². The van der Waals surface area contributed by atoms with E-state index in [0.29, 0.717) is 0 Å². The van der Waals surface area contributed by atoms with Gasteiger partial charge in [0.15, 0.2) is 0 Å². The summed E-state index contributed by atoms with van der Waals surface area (Å²) in [6.45, 7) is 0.126. The molecule has 33 heavy (non-hydrogen) atoms. The molecule has 2 atom stereocenters. The van der Waals surface area contributed by atoms with Gasteiger partial charge in [-0.25, -0.2) is 4.79 Å². The van der Waals surface area contributed by atoms with Crippen molar-refractivity contribution in [2.45, 2.75) is 50.1 Å². The second-order valence-corrected chi connectivity index (χ2v) is 8.44. The first-order chi connectivity index (χ1) is 16.0. The quantitative estimate of drug-likeness (QED) is 0.530. The van der Waals surface area contributed by atoms with Crippen molar-refractivity contribution in [3.8, 4) is 11.1 Å². The number of fused-ring (bicyclic) bond motifs is 3. The van der Waals surface area contributed by atoms with E-state index in [9.17, 15) is 14.4 Å². The molecular weight excluding hydrogens is 420 g/mol. The van der Waals surface area contributed by atoms with Gasteiger partial charge in [0, 0.05) is 18.4 Å². The normalized spacial score (nSPS) is 17.5. The number of carboxylic acids is 1. The molecule has 0 aliphatic heterocycles. The van der Waals surface area contributed by atoms with E-state index in [1.807, 2.05) is 42.5 Å². The number of allylic oxidation sites excluding steroid dienone is 1. The standard InChI is InChI=1S/C26H28N2O5/c29-24(30)15-14-23(25(31)27-17-8-2-1-3-9-17)28-26(32)33-16-22-20-12-6-4-10-18(20)19-11-5-7-13-21(19)22/h1-2,4-7,10-13,17,22-23H,3,8-9,14-16H2,(H,27,31)(H,28,32)(H,29,30). The van der Waals surface area contributed by atoms with Crippen molar-refractivity contribution in [1.29, 1.82) is 0 Å². The molecule has 0 saturated heterocycles. The molecule has 2 aromatic rings. The minimum absolute atomic E-state index is 0.00603. The minimum atomic E-state index is -1.03. The number of carbonyl (C=O) groups excluding carboxylic acids is 2. The summed E-state index contributed by atoms with van der Waals surface area (Å²) < 4.78 is 5.53. The van der Waals surface area contributed by atoms with Crippen LogP contribution in [0.1, 0.15) is 49.1 Å². The molecule has 4 rings (SSSR count). The average molecular weight is 449 g/mol. The molecule has 0 aromatic heterocycles. The van der Waals surface area contributed by atoms with Crippen LogP contribution in [0.15, 0.2) is 60.7 Å². The fourth-order valence-electron chi connectivity index (χ4n) is 4.55. The first-order valence-electron chi connectivity index (χ1n) is 11.3. The SMILES string of the molecule is O=C(O)CCC(NC(=O)OCC1c2ccccc2-c2ccccc21)C(=O)NC1CC=CCC1. The zero-order valence-electron chi connectivity index (χ0n) is 18.3. The number of benzene rings is 2. The lowest BCUT2D eigenvalue weighted by molar-refractivity contribution is -0.137. The Hall–Kier alpha value is -3.61. The molecule has 3 N–H and O–H groups in total. The van der Waals surface area contributed by atoms with Gasteiger partial charge in [-0.15, -0.1) is 0 Å². The molecular formula is C26H28N2O5. The number of ether oxygens (including phenoxy) is 1. The number of hydrogen-bond acceptors (Lipinski definition) is 4. The average Bonchev–Trinajstić information content (AvgIpc) is 3.14. The maximum atomic E-state index is 12.7. The van der Waals surface area contributed by atoms with Crippen molar-refractivity contribution in [2.24, 2.45) is 0 Å². The summed E-state index contributed by atoms with van der Waals surface area (Å²) in [4.78, 5) is 36.4. The second kappa shape index (κ2) is 10.3. The Morgan fingerprint density at radius 3 is 2.27 bits per heavy atom. The van der Waals surface area contributed by atoms with Crippen LogP contribution in [0.2, 0.25) is 0 Å². The number of aliphatic carboxylic acids is 1. The van der Waals surface area contributed by atoms with Crippen LogP contribution in [-0.2, 0) is 14.3 Å². The zero-order valence-corrected chi connectivity index (χ0v) is 18.3. The number of carboxylic acid groups (broad SMARTS) is 1. The Morgan fingerprint density at radius 1 is 1.00 bits per heavy atom. The van der Waals surface area contributed by atoms with Gasteiger partial charge in [-0.05, 0) is 47.9 Å². The van der Waals surface area contributed by atoms with Gasteiger partial charge in [0.05, 0.1) is 0 Å². The third kappa shape index (κ3) is 5.42. The summed E-state index contributed by atoms with van der Waals surface area (Å²) in [5.41, 5.74) is 4.44. The van der Waals surface area contributed by atoms with Gasteiger partial charge in [0.1, 0.15) is 12.6 Å². The Morgan fingerprint density at radius 2 is 1.67 bits per heavy atom. The highest BCUT2D eigenvalue weighted by Gasteiger charge is 2.30. The van der Waals surface area contributed by atoms with Gasteiger partial charge in [-0.1, -0.05) is 60.7 Å². The van der Waals surface area contributed by atoms with Crippen LogP contribution in [0, 0.1) is 0 Å². The van der Waals surface area contributed by atoms with E-state index in [-0.39, 0.29) is 37.3 Å². The van der Waals surface area contributed by atoms with Crippen LogP contribution in [0.4, 0.5) is 4.79 Å². The summed E-state index contributed by atoms with van der Waals surface area (Å²) in [5, 5.41) is 14.5. The lowest BCUT2D eigenvalue weighted by atomic mass is 9.98. The van der Waals surface area contributed by atoms with Crippen molar-refractivity contribution in [3.63, 3.8) is 0 Å². The molecule has 2 amide bonds. The lowest BCUT2D eigenvalue weighted by Gasteiger charge is -2.24. The van der Waals surface area contributed by atoms with Crippen molar-refractivity contribution < 1.29 is 24.2 Å². The van der Waals surface area contributed by atoms with Crippen LogP contribution in [0.5, 0.6) is 0 Å². The van der Waals surface area contributed by atoms with E-state index < -0.39 is 18.1 Å². The van der Waals surface area contributed by atoms with E-state index >= 15 is 0 Å². The van der Waals surface area contributed by atoms with E-state index in [2.05, 4.69) is 28.8 Å². The first-order valence-corrected chi connectivity index (χ1v) is 11.3. The second-order valence-electron chi connectivity index (χ2n) is 8.44. The molecule has 7 nitrogen and oxygen atoms in total. The van der Waals surface area contributed by atoms with Gasteiger partial charge in [-0.3, -0.25) is 9.59 Å². The summed E-state index contributed by atoms with van der Waals surface area (Å²) in [6.07, 6.45) is 5.54. The summed E-state index contributed by atoms with van der Waals surface area (Å²) in [5.74, 6) is -1.50. The van der Waals surface area contributed by atoms with Crippen LogP contribution < -0.4 is 10.6 Å². The summed E-state index contributed by atoms with van der Waals surface area (Å²) in [7, 11) is 0. The van der Waals surface area contributed by atoms with Gasteiger partial charge < -0.3 is 20.5 Å². The van der Waals surface area contributed by atoms with Gasteiger partial charge in [0.2, 0.25) is 5.91 Å². The number of carbonyl (C=O) groups is 3. The number of hydrogen-bond donors (Lipinski definition) is 3. The predicted octanol–water partition coefficient (Wildman–Crippen LogP) is 3.98. The van der Waals surface area contributed by atoms with E-state index in [4.69, 9.17) is 9.84 Å². The van der Waals surface area contributed by atoms with Crippen LogP contribution >= 0.6 is 0 Å². The van der Waals surface area contributed by atoms with Crippen molar-refractivity contribution in [1.82, 2.24) is 10.6 Å². The maximum absolute atomic E-state index is 12.7. The number of rotatable bonds is 8. The minimum Gasteiger partial charge on any atom is -0.481 e. The van der Waals surface area contributed by atoms with E-state index in [1.165, 1.54) is 0 Å². The Balaban J connectivity index is 1.39. The fourth-order valence-corrected chi connectivity index (χ4v) is 4.55. The third-order valence-corrected chi connectivity index (χ3v) is 6.21. The third-order valence-electron chi connectivity index (χ3n) is 6.21. The smallest absolute Gasteiger partial charge is 0.407 e. The molecule has 172 valence electrons. The molecule has 0 saturated carbocycles. The predicted molar refractivity (Wildman–Crippen MR) is 124 cm³/mol. The largest absolute Gasteiger partial charge is 0.481 e. The lowest BCUT2D eigenvalue weighted by Crippen LogP contribution is -2.50. The summed E-state index contributed by atoms with van der Waals surface area (Å²) >= 11 is 0. The van der Waals surface area contributed by atoms with Gasteiger partial charge in [0.25, 0.3) is 0 Å². The first kappa shape index (κ1) is 22.6. The molecule has 7 heteroatoms. The van der Waals surface area contributed by atoms with Crippen LogP contribution in [-0.4, -0.2) is 41.8 Å². The highest BCUT2D eigenvalue weighted by molar-refractivity contribution is 5.86. The molecule has 0 heterocycles. The van der Waals surface area contributed by atoms with Gasteiger partial charge in [-0.2, -0.15) is 0 Å². The molecule has 2 aromatic carbocycles. The summed E-state index contributed by atoms with van der Waals surface area (Å²) in [6, 6.07) is 15.1. The number of alkyl carbamates (subject to hydrolysis) is 1. The molecule has 2 aliphatic carbocycles. The molecule has 0 fully saturated rings. The molecule has 2 aliphatic rings. The molecule has 0 radical (unpaired) electrons. The highest BCUT2D eigenvalue weighted by atomic mass is 16.5. The van der Waals surface area contributed by atoms with Gasteiger partial charge >= 0.3 is 12.1 Å². The highest BCUT2D eigenvalue weighted by Crippen LogP contribution is 2.44. The Bertz CT molecular complexity index is 1020. The monoisotopic (exact) mass is 448 g/mol. The number of amides is 2. The van der Waals surface area contributed by atoms with E-state index in [1.54, 1.807) is 0 Å². The van der Waals surface area contributed by atoms with Crippen molar-refractivity contribution in [2.75, 3.05) is 6.61 Å². The maximum Gasteiger partial charge on any atom is 0.407 e. The molecule has 0 spiro atoms. The van der Waals surface area contributed by atoms with Crippen molar-refractivity contribution >= 4 is 18.0 Å². The topological polar surface area (TPSA) is 105 Å². The van der Waals surface area contributed by atoms with E-state index in [0.717, 1.165) is 41.5 Å². The Kier molecular flexibility index (Phi) is 7.07. The molecule has 2 unspecified atom stereocenters. The molecule has 0 bridgehead atoms. The zero-order chi connectivity index (χ0) is 23.2. The fraction of sp³-hybridized carbons (Fsp3) is 0.346. The van der Waals surface area contributed by atoms with Crippen LogP contribution in [0.25, 0.3) is 11.1 Å². The Labute approximate surface area is 192 Å². The number of nitrogens with one attached hydrogen (secondary N) is 2.